The first kappa shape index (κ1) is 16.6. The third-order valence-electron chi connectivity index (χ3n) is 4.07. The lowest BCUT2D eigenvalue weighted by Gasteiger charge is -2.33. The topological polar surface area (TPSA) is 59.3 Å². The summed E-state index contributed by atoms with van der Waals surface area (Å²) in [6, 6.07) is 12.4. The van der Waals surface area contributed by atoms with E-state index in [0.717, 1.165) is 43.3 Å². The van der Waals surface area contributed by atoms with Gasteiger partial charge in [-0.2, -0.15) is 5.10 Å². The van der Waals surface area contributed by atoms with E-state index in [1.54, 1.807) is 12.3 Å². The van der Waals surface area contributed by atoms with Crippen LogP contribution in [0.2, 0.25) is 5.02 Å². The van der Waals surface area contributed by atoms with Gasteiger partial charge in [-0.05, 0) is 23.8 Å². The van der Waals surface area contributed by atoms with Gasteiger partial charge in [0.1, 0.15) is 11.5 Å². The van der Waals surface area contributed by atoms with Crippen molar-refractivity contribution in [3.05, 3.63) is 58.6 Å². The number of halogens is 1. The number of hydrogen-bond donors (Lipinski definition) is 2. The summed E-state index contributed by atoms with van der Waals surface area (Å²) in [6.45, 7) is 4.30. The van der Waals surface area contributed by atoms with Crippen molar-refractivity contribution < 1.29 is 10.2 Å². The minimum atomic E-state index is 0.0242. The zero-order chi connectivity index (χ0) is 16.9. The van der Waals surface area contributed by atoms with Gasteiger partial charge in [0.15, 0.2) is 0 Å². The second-order valence-electron chi connectivity index (χ2n) is 5.81. The summed E-state index contributed by atoms with van der Waals surface area (Å²) in [6.07, 6.45) is 1.62. The number of aromatic hydroxyl groups is 2. The third-order valence-corrected chi connectivity index (χ3v) is 4.44. The zero-order valence-electron chi connectivity index (χ0n) is 13.3. The average molecular weight is 346 g/mol. The molecule has 3 rings (SSSR count). The van der Waals surface area contributed by atoms with Crippen LogP contribution in [0.25, 0.3) is 0 Å². The van der Waals surface area contributed by atoms with Crippen molar-refractivity contribution in [2.45, 2.75) is 6.54 Å². The molecule has 0 spiro atoms. The number of phenolic OH excluding ortho intramolecular Hbond substituents is 2. The Labute approximate surface area is 146 Å². The second-order valence-corrected chi connectivity index (χ2v) is 6.22. The van der Waals surface area contributed by atoms with Crippen LogP contribution in [-0.4, -0.2) is 52.5 Å². The summed E-state index contributed by atoms with van der Waals surface area (Å²) in [7, 11) is 0. The molecule has 24 heavy (non-hydrogen) atoms. The van der Waals surface area contributed by atoms with Gasteiger partial charge in [-0.3, -0.25) is 9.91 Å². The van der Waals surface area contributed by atoms with Gasteiger partial charge in [-0.25, -0.2) is 0 Å². The molecule has 0 saturated carbocycles. The molecular weight excluding hydrogens is 326 g/mol. The Morgan fingerprint density at radius 2 is 1.79 bits per heavy atom. The van der Waals surface area contributed by atoms with Gasteiger partial charge < -0.3 is 10.2 Å². The number of phenols is 2. The first-order chi connectivity index (χ1) is 11.6. The van der Waals surface area contributed by atoms with Crippen molar-refractivity contribution in [1.29, 1.82) is 0 Å². The summed E-state index contributed by atoms with van der Waals surface area (Å²) in [5.41, 5.74) is 1.73. The van der Waals surface area contributed by atoms with Crippen molar-refractivity contribution >= 4 is 17.8 Å². The Bertz CT molecular complexity index is 728. The molecule has 0 aliphatic carbocycles. The summed E-state index contributed by atoms with van der Waals surface area (Å²) < 4.78 is 0. The second kappa shape index (κ2) is 7.55. The van der Waals surface area contributed by atoms with Gasteiger partial charge in [0, 0.05) is 49.4 Å². The lowest BCUT2D eigenvalue weighted by molar-refractivity contribution is 0.131. The number of rotatable bonds is 4. The molecule has 1 heterocycles. The molecule has 1 aliphatic heterocycles. The minimum Gasteiger partial charge on any atom is -0.508 e. The number of piperazine rings is 1. The van der Waals surface area contributed by atoms with Gasteiger partial charge in [0.05, 0.1) is 6.21 Å². The SMILES string of the molecule is Oc1ccc(C=NN2CCN(Cc3ccccc3Cl)CC2)c(O)c1. The van der Waals surface area contributed by atoms with E-state index >= 15 is 0 Å². The Hall–Kier alpha value is -2.24. The quantitative estimate of drug-likeness (QED) is 0.836. The standard InChI is InChI=1S/C18H20ClN3O2/c19-17-4-2-1-3-15(17)13-21-7-9-22(10-8-21)20-12-14-5-6-16(23)11-18(14)24/h1-6,11-12,23-24H,7-10,13H2. The van der Waals surface area contributed by atoms with Crippen molar-refractivity contribution in [2.75, 3.05) is 26.2 Å². The van der Waals surface area contributed by atoms with Crippen molar-refractivity contribution in [3.8, 4) is 11.5 Å². The lowest BCUT2D eigenvalue weighted by atomic mass is 10.2. The van der Waals surface area contributed by atoms with Crippen LogP contribution in [0.3, 0.4) is 0 Å². The molecule has 0 bridgehead atoms. The molecule has 0 unspecified atom stereocenters. The number of hydrogen-bond acceptors (Lipinski definition) is 5. The van der Waals surface area contributed by atoms with Crippen molar-refractivity contribution in [2.24, 2.45) is 5.10 Å². The molecule has 1 fully saturated rings. The fourth-order valence-corrected chi connectivity index (χ4v) is 2.86. The first-order valence-corrected chi connectivity index (χ1v) is 8.26. The molecule has 2 aromatic rings. The fourth-order valence-electron chi connectivity index (χ4n) is 2.66. The number of benzene rings is 2. The molecule has 2 aromatic carbocycles. The molecule has 2 N–H and O–H groups in total. The summed E-state index contributed by atoms with van der Waals surface area (Å²) in [5, 5.41) is 26.3. The zero-order valence-corrected chi connectivity index (χ0v) is 14.0. The largest absolute Gasteiger partial charge is 0.508 e. The molecule has 1 aliphatic rings. The van der Waals surface area contributed by atoms with E-state index in [0.29, 0.717) is 5.56 Å². The van der Waals surface area contributed by atoms with E-state index in [1.165, 1.54) is 12.1 Å². The molecule has 126 valence electrons. The maximum absolute atomic E-state index is 9.76. The number of nitrogens with zero attached hydrogens (tertiary/aromatic N) is 3. The molecule has 0 radical (unpaired) electrons. The monoisotopic (exact) mass is 345 g/mol. The predicted octanol–water partition coefficient (Wildman–Crippen LogP) is 2.90. The van der Waals surface area contributed by atoms with E-state index in [9.17, 15) is 10.2 Å². The maximum Gasteiger partial charge on any atom is 0.128 e. The van der Waals surface area contributed by atoms with Crippen LogP contribution in [0.1, 0.15) is 11.1 Å². The van der Waals surface area contributed by atoms with Crippen LogP contribution in [0, 0.1) is 0 Å². The highest BCUT2D eigenvalue weighted by atomic mass is 35.5. The van der Waals surface area contributed by atoms with Crippen molar-refractivity contribution in [1.82, 2.24) is 9.91 Å². The summed E-state index contributed by atoms with van der Waals surface area (Å²) >= 11 is 6.21. The Kier molecular flexibility index (Phi) is 5.23. The van der Waals surface area contributed by atoms with Crippen LogP contribution in [-0.2, 0) is 6.54 Å². The fraction of sp³-hybridized carbons (Fsp3) is 0.278. The van der Waals surface area contributed by atoms with Crippen LogP contribution in [0.4, 0.5) is 0 Å². The molecule has 1 saturated heterocycles. The van der Waals surface area contributed by atoms with Crippen molar-refractivity contribution in [3.63, 3.8) is 0 Å². The van der Waals surface area contributed by atoms with Gasteiger partial charge in [0.2, 0.25) is 0 Å². The highest BCUT2D eigenvalue weighted by Crippen LogP contribution is 2.21. The molecule has 0 aromatic heterocycles. The Morgan fingerprint density at radius 3 is 2.50 bits per heavy atom. The van der Waals surface area contributed by atoms with Crippen LogP contribution < -0.4 is 0 Å². The highest BCUT2D eigenvalue weighted by Gasteiger charge is 2.16. The first-order valence-electron chi connectivity index (χ1n) is 7.88. The van der Waals surface area contributed by atoms with E-state index in [-0.39, 0.29) is 11.5 Å². The van der Waals surface area contributed by atoms with Crippen LogP contribution in [0.5, 0.6) is 11.5 Å². The highest BCUT2D eigenvalue weighted by molar-refractivity contribution is 6.31. The van der Waals surface area contributed by atoms with Gasteiger partial charge in [0.25, 0.3) is 0 Å². The minimum absolute atomic E-state index is 0.0242. The lowest BCUT2D eigenvalue weighted by Crippen LogP contribution is -2.43. The molecule has 0 amide bonds. The molecular formula is C18H20ClN3O2. The molecule has 6 heteroatoms. The van der Waals surface area contributed by atoms with Crippen LogP contribution >= 0.6 is 11.6 Å². The molecule has 0 atom stereocenters. The predicted molar refractivity (Wildman–Crippen MR) is 95.7 cm³/mol. The van der Waals surface area contributed by atoms with E-state index in [2.05, 4.69) is 16.1 Å². The van der Waals surface area contributed by atoms with Gasteiger partial charge >= 0.3 is 0 Å². The normalized spacial score (nSPS) is 16.0. The van der Waals surface area contributed by atoms with Gasteiger partial charge in [-0.15, -0.1) is 0 Å². The van der Waals surface area contributed by atoms with Gasteiger partial charge in [-0.1, -0.05) is 29.8 Å². The van der Waals surface area contributed by atoms with E-state index < -0.39 is 0 Å². The molecule has 5 nitrogen and oxygen atoms in total. The maximum atomic E-state index is 9.76. The Morgan fingerprint density at radius 1 is 1.04 bits per heavy atom. The van der Waals surface area contributed by atoms with Crippen LogP contribution in [0.15, 0.2) is 47.6 Å². The smallest absolute Gasteiger partial charge is 0.128 e. The van der Waals surface area contributed by atoms with E-state index in [4.69, 9.17) is 11.6 Å². The number of hydrazone groups is 1. The summed E-state index contributed by atoms with van der Waals surface area (Å²) in [5.74, 6) is 0.0638. The third kappa shape index (κ3) is 4.19. The van der Waals surface area contributed by atoms with E-state index in [1.807, 2.05) is 23.2 Å². The Balaban J connectivity index is 1.53. The average Bonchev–Trinajstić information content (AvgIpc) is 2.57. The summed E-state index contributed by atoms with van der Waals surface area (Å²) in [4.78, 5) is 2.35.